The van der Waals surface area contributed by atoms with Crippen LogP contribution in [0.1, 0.15) is 19.3 Å². The van der Waals surface area contributed by atoms with E-state index in [-0.39, 0.29) is 6.03 Å². The van der Waals surface area contributed by atoms with Crippen LogP contribution in [0.4, 0.5) is 10.5 Å². The number of anilines is 1. The molecule has 0 aromatic heterocycles. The molecule has 1 aromatic carbocycles. The predicted molar refractivity (Wildman–Crippen MR) is 72.7 cm³/mol. The first-order valence-corrected chi connectivity index (χ1v) is 7.22. The first-order valence-electron chi connectivity index (χ1n) is 5.99. The Morgan fingerprint density at radius 2 is 2.06 bits per heavy atom. The summed E-state index contributed by atoms with van der Waals surface area (Å²) in [6.07, 6.45) is 5.52. The molecule has 1 aliphatic rings. The average Bonchev–Trinajstić information content (AvgIpc) is 2.40. The zero-order valence-electron chi connectivity index (χ0n) is 10.1. The minimum atomic E-state index is 0.0305. The molecule has 1 fully saturated rings. The number of piperidine rings is 1. The van der Waals surface area contributed by atoms with Crippen molar-refractivity contribution >= 4 is 23.5 Å². The second-order valence-corrected chi connectivity index (χ2v) is 5.09. The second kappa shape index (κ2) is 5.96. The molecule has 0 spiro atoms. The van der Waals surface area contributed by atoms with Crippen LogP contribution < -0.4 is 5.32 Å². The molecule has 0 bridgehead atoms. The fraction of sp³-hybridized carbons (Fsp3) is 0.462. The molecule has 1 saturated heterocycles. The summed E-state index contributed by atoms with van der Waals surface area (Å²) in [4.78, 5) is 15.0. The highest BCUT2D eigenvalue weighted by Gasteiger charge is 2.16. The lowest BCUT2D eigenvalue weighted by molar-refractivity contribution is 0.200. The van der Waals surface area contributed by atoms with Crippen molar-refractivity contribution in [1.82, 2.24) is 4.90 Å². The third kappa shape index (κ3) is 3.40. The summed E-state index contributed by atoms with van der Waals surface area (Å²) in [5.74, 6) is 0. The molecule has 3 nitrogen and oxygen atoms in total. The Morgan fingerprint density at radius 1 is 1.29 bits per heavy atom. The highest BCUT2D eigenvalue weighted by atomic mass is 32.2. The number of likely N-dealkylation sites (tertiary alicyclic amines) is 1. The Labute approximate surface area is 107 Å². The van der Waals surface area contributed by atoms with Gasteiger partial charge in [-0.3, -0.25) is 0 Å². The second-order valence-electron chi connectivity index (χ2n) is 4.21. The highest BCUT2D eigenvalue weighted by molar-refractivity contribution is 7.98. The van der Waals surface area contributed by atoms with Gasteiger partial charge in [-0.25, -0.2) is 4.79 Å². The molecule has 0 aliphatic carbocycles. The number of hydrogen-bond acceptors (Lipinski definition) is 2. The van der Waals surface area contributed by atoms with Gasteiger partial charge in [0.15, 0.2) is 0 Å². The summed E-state index contributed by atoms with van der Waals surface area (Å²) in [6, 6.07) is 7.98. The van der Waals surface area contributed by atoms with E-state index in [0.29, 0.717) is 0 Å². The number of carbonyl (C=O) groups is 1. The summed E-state index contributed by atoms with van der Waals surface area (Å²) < 4.78 is 0. The van der Waals surface area contributed by atoms with Gasteiger partial charge in [0, 0.05) is 23.7 Å². The Hall–Kier alpha value is -1.16. The fourth-order valence-corrected chi connectivity index (χ4v) is 2.46. The van der Waals surface area contributed by atoms with Crippen LogP contribution in [0.25, 0.3) is 0 Å². The van der Waals surface area contributed by atoms with Crippen LogP contribution in [-0.4, -0.2) is 30.3 Å². The van der Waals surface area contributed by atoms with Crippen LogP contribution >= 0.6 is 11.8 Å². The zero-order valence-corrected chi connectivity index (χ0v) is 10.9. The van der Waals surface area contributed by atoms with Gasteiger partial charge in [-0.15, -0.1) is 11.8 Å². The molecule has 0 saturated carbocycles. The number of rotatable bonds is 2. The van der Waals surface area contributed by atoms with Gasteiger partial charge in [0.25, 0.3) is 0 Å². The molecule has 0 atom stereocenters. The molecule has 4 heteroatoms. The number of benzene rings is 1. The van der Waals surface area contributed by atoms with E-state index < -0.39 is 0 Å². The van der Waals surface area contributed by atoms with Gasteiger partial charge in [-0.05, 0) is 43.7 Å². The van der Waals surface area contributed by atoms with Crippen molar-refractivity contribution in [2.75, 3.05) is 24.7 Å². The first kappa shape index (κ1) is 12.3. The highest BCUT2D eigenvalue weighted by Crippen LogP contribution is 2.19. The minimum absolute atomic E-state index is 0.0305. The van der Waals surface area contributed by atoms with Crippen LogP contribution in [0.15, 0.2) is 29.2 Å². The number of amides is 2. The maximum Gasteiger partial charge on any atom is 0.321 e. The molecule has 1 N–H and O–H groups in total. The Balaban J connectivity index is 1.96. The molecule has 1 aromatic rings. The third-order valence-corrected chi connectivity index (χ3v) is 3.69. The number of nitrogens with one attached hydrogen (secondary N) is 1. The van der Waals surface area contributed by atoms with E-state index in [2.05, 4.69) is 5.32 Å². The van der Waals surface area contributed by atoms with E-state index in [0.717, 1.165) is 31.6 Å². The van der Waals surface area contributed by atoms with E-state index >= 15 is 0 Å². The normalized spacial score (nSPS) is 15.7. The SMILES string of the molecule is CSc1cccc(NC(=O)N2CCCCC2)c1. The van der Waals surface area contributed by atoms with Crippen LogP contribution in [0.5, 0.6) is 0 Å². The average molecular weight is 250 g/mol. The van der Waals surface area contributed by atoms with E-state index in [4.69, 9.17) is 0 Å². The molecule has 2 amide bonds. The van der Waals surface area contributed by atoms with Gasteiger partial charge in [-0.1, -0.05) is 6.07 Å². The minimum Gasteiger partial charge on any atom is -0.325 e. The molecular weight excluding hydrogens is 232 g/mol. The molecule has 1 aliphatic heterocycles. The number of carbonyl (C=O) groups excluding carboxylic acids is 1. The number of nitrogens with zero attached hydrogens (tertiary/aromatic N) is 1. The third-order valence-electron chi connectivity index (χ3n) is 2.96. The molecule has 0 radical (unpaired) electrons. The van der Waals surface area contributed by atoms with Crippen molar-refractivity contribution in [3.63, 3.8) is 0 Å². The fourth-order valence-electron chi connectivity index (χ4n) is 2.00. The molecule has 92 valence electrons. The summed E-state index contributed by atoms with van der Waals surface area (Å²) >= 11 is 1.68. The van der Waals surface area contributed by atoms with Crippen molar-refractivity contribution < 1.29 is 4.79 Å². The maximum absolute atomic E-state index is 12.0. The van der Waals surface area contributed by atoms with Crippen molar-refractivity contribution in [3.8, 4) is 0 Å². The zero-order chi connectivity index (χ0) is 12.1. The lowest BCUT2D eigenvalue weighted by Crippen LogP contribution is -2.38. The van der Waals surface area contributed by atoms with Gasteiger partial charge in [0.1, 0.15) is 0 Å². The van der Waals surface area contributed by atoms with Gasteiger partial charge in [0.2, 0.25) is 0 Å². The quantitative estimate of drug-likeness (QED) is 0.816. The maximum atomic E-state index is 12.0. The van der Waals surface area contributed by atoms with Crippen LogP contribution in [0.2, 0.25) is 0 Å². The van der Waals surface area contributed by atoms with Crippen LogP contribution in [0, 0.1) is 0 Å². The van der Waals surface area contributed by atoms with Gasteiger partial charge < -0.3 is 10.2 Å². The standard InChI is InChI=1S/C13H18N2OS/c1-17-12-7-5-6-11(10-12)14-13(16)15-8-3-2-4-9-15/h5-7,10H,2-4,8-9H2,1H3,(H,14,16). The molecule has 0 unspecified atom stereocenters. The number of hydrogen-bond donors (Lipinski definition) is 1. The largest absolute Gasteiger partial charge is 0.325 e. The van der Waals surface area contributed by atoms with Crippen LogP contribution in [-0.2, 0) is 0 Å². The summed E-state index contributed by atoms with van der Waals surface area (Å²) in [7, 11) is 0. The molecule has 1 heterocycles. The van der Waals surface area contributed by atoms with Gasteiger partial charge in [-0.2, -0.15) is 0 Å². The molecule has 2 rings (SSSR count). The van der Waals surface area contributed by atoms with Crippen molar-refractivity contribution in [1.29, 1.82) is 0 Å². The summed E-state index contributed by atoms with van der Waals surface area (Å²) in [6.45, 7) is 1.77. The van der Waals surface area contributed by atoms with E-state index in [1.807, 2.05) is 35.4 Å². The topological polar surface area (TPSA) is 32.3 Å². The van der Waals surface area contributed by atoms with Crippen molar-refractivity contribution in [3.05, 3.63) is 24.3 Å². The molecular formula is C13H18N2OS. The van der Waals surface area contributed by atoms with E-state index in [9.17, 15) is 4.79 Å². The van der Waals surface area contributed by atoms with Crippen molar-refractivity contribution in [2.45, 2.75) is 24.2 Å². The van der Waals surface area contributed by atoms with E-state index in [1.54, 1.807) is 11.8 Å². The molecule has 17 heavy (non-hydrogen) atoms. The lowest BCUT2D eigenvalue weighted by atomic mass is 10.1. The van der Waals surface area contributed by atoms with E-state index in [1.165, 1.54) is 11.3 Å². The first-order chi connectivity index (χ1) is 8.29. The van der Waals surface area contributed by atoms with Crippen molar-refractivity contribution in [2.24, 2.45) is 0 Å². The summed E-state index contributed by atoms with van der Waals surface area (Å²) in [5.41, 5.74) is 0.882. The lowest BCUT2D eigenvalue weighted by Gasteiger charge is -2.26. The Kier molecular flexibility index (Phi) is 4.31. The summed E-state index contributed by atoms with van der Waals surface area (Å²) in [5, 5.41) is 2.96. The van der Waals surface area contributed by atoms with Gasteiger partial charge >= 0.3 is 6.03 Å². The van der Waals surface area contributed by atoms with Crippen LogP contribution in [0.3, 0.4) is 0 Å². The predicted octanol–water partition coefficient (Wildman–Crippen LogP) is 3.43. The smallest absolute Gasteiger partial charge is 0.321 e. The Morgan fingerprint density at radius 3 is 2.76 bits per heavy atom. The Bertz CT molecular complexity index is 389. The van der Waals surface area contributed by atoms with Gasteiger partial charge in [0.05, 0.1) is 0 Å². The monoisotopic (exact) mass is 250 g/mol. The number of urea groups is 1. The number of thioether (sulfide) groups is 1.